The smallest absolute Gasteiger partial charge is 0.316 e. The van der Waals surface area contributed by atoms with Gasteiger partial charge in [-0.3, -0.25) is 4.79 Å². The minimum atomic E-state index is -1.16. The number of halogens is 4. The molecule has 0 saturated heterocycles. The summed E-state index contributed by atoms with van der Waals surface area (Å²) in [5, 5.41) is 8.79. The van der Waals surface area contributed by atoms with Crippen LogP contribution in [-0.4, -0.2) is 27.7 Å². The van der Waals surface area contributed by atoms with Crippen molar-refractivity contribution in [2.24, 2.45) is 5.92 Å². The van der Waals surface area contributed by atoms with Gasteiger partial charge in [-0.25, -0.2) is 23.1 Å². The highest BCUT2D eigenvalue weighted by atomic mass is 35.5. The number of carbonyl (C=O) groups is 1. The molecule has 0 spiro atoms. The number of aromatic amines is 1. The Labute approximate surface area is 181 Å². The summed E-state index contributed by atoms with van der Waals surface area (Å²) in [6, 6.07) is 4.21. The van der Waals surface area contributed by atoms with Crippen molar-refractivity contribution < 1.29 is 18.0 Å². The summed E-state index contributed by atoms with van der Waals surface area (Å²) in [5.74, 6) is -2.86. The summed E-state index contributed by atoms with van der Waals surface area (Å²) in [6.07, 6.45) is 0. The number of H-pyrrole nitrogens is 1. The number of carbonyl (C=O) groups excluding carboxylic acids is 1. The van der Waals surface area contributed by atoms with E-state index in [4.69, 9.17) is 11.6 Å². The van der Waals surface area contributed by atoms with Gasteiger partial charge in [0.1, 0.15) is 5.82 Å². The van der Waals surface area contributed by atoms with E-state index in [9.17, 15) is 22.8 Å². The van der Waals surface area contributed by atoms with E-state index in [-0.39, 0.29) is 39.6 Å². The third-order valence-corrected chi connectivity index (χ3v) is 5.01. The van der Waals surface area contributed by atoms with Crippen LogP contribution in [0, 0.1) is 23.4 Å². The number of aromatic nitrogens is 2. The van der Waals surface area contributed by atoms with Crippen LogP contribution in [0.2, 0.25) is 5.02 Å². The Morgan fingerprint density at radius 1 is 1.10 bits per heavy atom. The van der Waals surface area contributed by atoms with Gasteiger partial charge >= 0.3 is 6.03 Å². The molecule has 1 heterocycles. The minimum absolute atomic E-state index is 0.0493. The number of rotatable bonds is 5. The fraction of sp³-hybridized carbons (Fsp3) is 0.286. The van der Waals surface area contributed by atoms with Crippen molar-refractivity contribution >= 4 is 34.1 Å². The van der Waals surface area contributed by atoms with Gasteiger partial charge in [0, 0.05) is 17.6 Å². The van der Waals surface area contributed by atoms with Crippen molar-refractivity contribution in [3.8, 4) is 0 Å². The molecule has 0 unspecified atom stereocenters. The van der Waals surface area contributed by atoms with E-state index >= 15 is 0 Å². The third kappa shape index (κ3) is 4.82. The van der Waals surface area contributed by atoms with Crippen LogP contribution in [0.5, 0.6) is 0 Å². The Balaban J connectivity index is 2.01. The number of hydrogen-bond acceptors (Lipinski definition) is 3. The number of hydrogen-bond donors (Lipinski definition) is 2. The summed E-state index contributed by atoms with van der Waals surface area (Å²) >= 11 is 5.78. The van der Waals surface area contributed by atoms with Gasteiger partial charge in [0.05, 0.1) is 22.1 Å². The Bertz CT molecular complexity index is 1200. The number of benzene rings is 2. The molecule has 31 heavy (non-hydrogen) atoms. The first-order valence-electron chi connectivity index (χ1n) is 9.48. The van der Waals surface area contributed by atoms with Crippen molar-refractivity contribution in [3.63, 3.8) is 0 Å². The van der Waals surface area contributed by atoms with Crippen LogP contribution in [0.4, 0.5) is 23.7 Å². The number of nitrogens with one attached hydrogen (secondary N) is 2. The van der Waals surface area contributed by atoms with Crippen molar-refractivity contribution in [3.05, 3.63) is 68.9 Å². The van der Waals surface area contributed by atoms with Gasteiger partial charge in [-0.2, -0.15) is 5.10 Å². The first-order chi connectivity index (χ1) is 14.6. The van der Waals surface area contributed by atoms with E-state index in [1.807, 2.05) is 13.8 Å². The van der Waals surface area contributed by atoms with E-state index in [1.54, 1.807) is 6.92 Å². The van der Waals surface area contributed by atoms with Crippen molar-refractivity contribution in [2.45, 2.75) is 26.8 Å². The number of urea groups is 1. The van der Waals surface area contributed by atoms with Gasteiger partial charge in [0.2, 0.25) is 0 Å². The second-order valence-electron chi connectivity index (χ2n) is 7.53. The highest BCUT2D eigenvalue weighted by Gasteiger charge is 2.26. The molecule has 0 aliphatic rings. The Morgan fingerprint density at radius 3 is 2.35 bits per heavy atom. The molecule has 6 nitrogen and oxygen atoms in total. The maximum absolute atomic E-state index is 13.9. The second kappa shape index (κ2) is 8.97. The van der Waals surface area contributed by atoms with Gasteiger partial charge in [0.25, 0.3) is 5.56 Å². The van der Waals surface area contributed by atoms with E-state index in [2.05, 4.69) is 15.5 Å². The third-order valence-electron chi connectivity index (χ3n) is 4.72. The molecular formula is C21H20ClF3N4O2. The fourth-order valence-electron chi connectivity index (χ4n) is 3.22. The predicted octanol–water partition coefficient (Wildman–Crippen LogP) is 5.24. The zero-order valence-corrected chi connectivity index (χ0v) is 17.7. The molecule has 2 N–H and O–H groups in total. The number of anilines is 1. The quantitative estimate of drug-likeness (QED) is 0.555. The molecule has 0 aliphatic carbocycles. The molecule has 0 radical (unpaired) electrons. The second-order valence-corrected chi connectivity index (χ2v) is 7.94. The Kier molecular flexibility index (Phi) is 6.54. The van der Waals surface area contributed by atoms with Crippen LogP contribution in [0.1, 0.15) is 32.5 Å². The minimum Gasteiger partial charge on any atom is -0.316 e. The summed E-state index contributed by atoms with van der Waals surface area (Å²) in [4.78, 5) is 26.5. The number of nitrogens with zero attached hydrogens (tertiary/aromatic N) is 2. The van der Waals surface area contributed by atoms with Gasteiger partial charge < -0.3 is 10.2 Å². The fourth-order valence-corrected chi connectivity index (χ4v) is 3.40. The molecule has 0 fully saturated rings. The molecule has 3 rings (SSSR count). The summed E-state index contributed by atoms with van der Waals surface area (Å²) < 4.78 is 41.0. The first kappa shape index (κ1) is 22.6. The van der Waals surface area contributed by atoms with Crippen molar-refractivity contribution in [1.82, 2.24) is 15.1 Å². The van der Waals surface area contributed by atoms with Crippen LogP contribution in [0.25, 0.3) is 10.8 Å². The largest absolute Gasteiger partial charge is 0.322 e. The van der Waals surface area contributed by atoms with Crippen molar-refractivity contribution in [1.29, 1.82) is 0 Å². The maximum atomic E-state index is 13.9. The molecule has 3 aromatic rings. The normalized spacial score (nSPS) is 12.3. The lowest BCUT2D eigenvalue weighted by Crippen LogP contribution is -2.40. The van der Waals surface area contributed by atoms with E-state index < -0.39 is 35.1 Å². The van der Waals surface area contributed by atoms with E-state index in [0.717, 1.165) is 18.2 Å². The molecule has 0 bridgehead atoms. The monoisotopic (exact) mass is 452 g/mol. The lowest BCUT2D eigenvalue weighted by molar-refractivity contribution is 0.182. The Morgan fingerprint density at radius 2 is 1.74 bits per heavy atom. The molecule has 164 valence electrons. The summed E-state index contributed by atoms with van der Waals surface area (Å²) in [6.45, 7) is 5.74. The SMILES string of the molecule is CC(C)CN(C(=O)Nc1ccc(F)c(Cl)c1)[C@H](C)c1n[nH]c(=O)c2cc(F)c(F)cc12. The van der Waals surface area contributed by atoms with E-state index in [1.165, 1.54) is 17.0 Å². The summed E-state index contributed by atoms with van der Waals surface area (Å²) in [7, 11) is 0. The molecule has 10 heteroatoms. The molecule has 1 aromatic heterocycles. The molecule has 1 atom stereocenters. The first-order valence-corrected chi connectivity index (χ1v) is 9.86. The number of fused-ring (bicyclic) bond motifs is 1. The zero-order chi connectivity index (χ0) is 22.9. The van der Waals surface area contributed by atoms with Crippen LogP contribution in [-0.2, 0) is 0 Å². The number of amides is 2. The van der Waals surface area contributed by atoms with Gasteiger partial charge in [-0.05, 0) is 43.2 Å². The Hall–Kier alpha value is -3.07. The average molecular weight is 453 g/mol. The molecule has 0 aliphatic heterocycles. The van der Waals surface area contributed by atoms with Crippen molar-refractivity contribution in [2.75, 3.05) is 11.9 Å². The molecule has 2 aromatic carbocycles. The van der Waals surface area contributed by atoms with Gasteiger partial charge in [-0.1, -0.05) is 25.4 Å². The van der Waals surface area contributed by atoms with Gasteiger partial charge in [-0.15, -0.1) is 0 Å². The highest BCUT2D eigenvalue weighted by Crippen LogP contribution is 2.28. The highest BCUT2D eigenvalue weighted by molar-refractivity contribution is 6.31. The average Bonchev–Trinajstić information content (AvgIpc) is 2.70. The maximum Gasteiger partial charge on any atom is 0.322 e. The molecular weight excluding hydrogens is 433 g/mol. The van der Waals surface area contributed by atoms with Crippen LogP contribution < -0.4 is 10.9 Å². The summed E-state index contributed by atoms with van der Waals surface area (Å²) in [5.41, 5.74) is -0.197. The van der Waals surface area contributed by atoms with Gasteiger partial charge in [0.15, 0.2) is 11.6 Å². The lowest BCUT2D eigenvalue weighted by Gasteiger charge is -2.31. The molecule has 2 amide bonds. The van der Waals surface area contributed by atoms with E-state index in [0.29, 0.717) is 0 Å². The standard InChI is InChI=1S/C21H20ClF3N4O2/c1-10(2)9-29(21(31)26-12-4-5-16(23)15(22)6-12)11(3)19-13-7-17(24)18(25)8-14(13)20(30)28-27-19/h4-8,10-11H,9H2,1-3H3,(H,26,31)(H,28,30)/t11-/m1/s1. The predicted molar refractivity (Wildman–Crippen MR) is 113 cm³/mol. The lowest BCUT2D eigenvalue weighted by atomic mass is 10.0. The topological polar surface area (TPSA) is 78.1 Å². The van der Waals surface area contributed by atoms with Crippen LogP contribution >= 0.6 is 11.6 Å². The van der Waals surface area contributed by atoms with Crippen LogP contribution in [0.3, 0.4) is 0 Å². The van der Waals surface area contributed by atoms with Crippen LogP contribution in [0.15, 0.2) is 35.1 Å². The zero-order valence-electron chi connectivity index (χ0n) is 17.0. The molecule has 0 saturated carbocycles.